The van der Waals surface area contributed by atoms with Crippen LogP contribution in [0.4, 0.5) is 0 Å². The fraction of sp³-hybridized carbons (Fsp3) is 0.407. The van der Waals surface area contributed by atoms with Crippen LogP contribution < -0.4 is 0 Å². The molecule has 1 saturated heterocycles. The molecule has 8 heteroatoms. The molecule has 5 heterocycles. The second kappa shape index (κ2) is 9.87. The maximum absolute atomic E-state index is 14.2. The lowest BCUT2D eigenvalue weighted by atomic mass is 10.1. The van der Waals surface area contributed by atoms with Crippen LogP contribution in [-0.4, -0.2) is 49.8 Å². The summed E-state index contributed by atoms with van der Waals surface area (Å²) in [5, 5.41) is 5.38. The van der Waals surface area contributed by atoms with Gasteiger partial charge in [-0.25, -0.2) is 9.67 Å². The van der Waals surface area contributed by atoms with Crippen molar-refractivity contribution in [3.63, 3.8) is 0 Å². The molecule has 0 saturated carbocycles. The minimum atomic E-state index is -0.0362. The van der Waals surface area contributed by atoms with Gasteiger partial charge in [-0.1, -0.05) is 6.07 Å². The highest BCUT2D eigenvalue weighted by molar-refractivity contribution is 7.12. The number of fused-ring (bicyclic) bond motifs is 1. The number of aromatic nitrogens is 4. The Hall–Kier alpha value is -3.10. The summed E-state index contributed by atoms with van der Waals surface area (Å²) in [6, 6.07) is 8.13. The molecule has 4 aromatic rings. The number of hydrogen-bond donors (Lipinski definition) is 0. The van der Waals surface area contributed by atoms with Crippen LogP contribution in [0.3, 0.4) is 0 Å². The molecule has 1 fully saturated rings. The van der Waals surface area contributed by atoms with Crippen molar-refractivity contribution in [1.29, 1.82) is 0 Å². The predicted molar refractivity (Wildman–Crippen MR) is 139 cm³/mol. The molecule has 0 aliphatic carbocycles. The van der Waals surface area contributed by atoms with E-state index in [1.165, 1.54) is 9.75 Å². The van der Waals surface area contributed by atoms with E-state index in [4.69, 9.17) is 9.72 Å². The second-order valence-electron chi connectivity index (χ2n) is 9.48. The Labute approximate surface area is 209 Å². The molecule has 0 spiro atoms. The topological polar surface area (TPSA) is 73.1 Å². The van der Waals surface area contributed by atoms with Crippen molar-refractivity contribution < 1.29 is 9.53 Å². The summed E-state index contributed by atoms with van der Waals surface area (Å²) in [6.45, 7) is 10.1. The third kappa shape index (κ3) is 4.86. The van der Waals surface area contributed by atoms with E-state index in [0.29, 0.717) is 18.7 Å². The summed E-state index contributed by atoms with van der Waals surface area (Å²) in [5.74, 6) is -0.0362. The van der Waals surface area contributed by atoms with Gasteiger partial charge in [0.25, 0.3) is 5.91 Å². The zero-order chi connectivity index (χ0) is 24.5. The number of pyridine rings is 2. The van der Waals surface area contributed by atoms with Crippen molar-refractivity contribution in [1.82, 2.24) is 24.6 Å². The highest BCUT2D eigenvalue weighted by atomic mass is 32.1. The molecule has 182 valence electrons. The van der Waals surface area contributed by atoms with Gasteiger partial charge in [-0.05, 0) is 64.3 Å². The first-order valence-corrected chi connectivity index (χ1v) is 13.0. The first-order valence-electron chi connectivity index (χ1n) is 12.2. The Morgan fingerprint density at radius 1 is 1.29 bits per heavy atom. The Morgan fingerprint density at radius 3 is 2.80 bits per heavy atom. The van der Waals surface area contributed by atoms with Gasteiger partial charge in [0.1, 0.15) is 0 Å². The van der Waals surface area contributed by atoms with Crippen LogP contribution in [0, 0.1) is 13.8 Å². The first-order chi connectivity index (χ1) is 16.9. The fourth-order valence-electron chi connectivity index (χ4n) is 4.73. The van der Waals surface area contributed by atoms with Gasteiger partial charge in [0.2, 0.25) is 0 Å². The number of thiophene rings is 1. The summed E-state index contributed by atoms with van der Waals surface area (Å²) in [7, 11) is 0. The number of nitrogens with zero attached hydrogens (tertiary/aromatic N) is 5. The number of hydrogen-bond acceptors (Lipinski definition) is 6. The van der Waals surface area contributed by atoms with Gasteiger partial charge in [-0.2, -0.15) is 5.10 Å². The van der Waals surface area contributed by atoms with Gasteiger partial charge in [0.05, 0.1) is 28.9 Å². The quantitative estimate of drug-likeness (QED) is 0.339. The van der Waals surface area contributed by atoms with Gasteiger partial charge in [-0.15, -0.1) is 11.3 Å². The Balaban J connectivity index is 1.61. The van der Waals surface area contributed by atoms with Crippen LogP contribution in [0.2, 0.25) is 0 Å². The normalized spacial score (nSPS) is 15.9. The summed E-state index contributed by atoms with van der Waals surface area (Å²) in [6.07, 6.45) is 7.39. The molecule has 1 atom stereocenters. The van der Waals surface area contributed by atoms with Crippen molar-refractivity contribution in [3.05, 3.63) is 63.7 Å². The summed E-state index contributed by atoms with van der Waals surface area (Å²) in [4.78, 5) is 27.7. The van der Waals surface area contributed by atoms with Crippen LogP contribution in [0.15, 0.2) is 42.9 Å². The Morgan fingerprint density at radius 2 is 2.14 bits per heavy atom. The summed E-state index contributed by atoms with van der Waals surface area (Å²) < 4.78 is 7.80. The molecular formula is C27H31N5O2S. The van der Waals surface area contributed by atoms with Gasteiger partial charge in [-0.3, -0.25) is 9.78 Å². The fourth-order valence-corrected chi connectivity index (χ4v) is 5.66. The number of aryl methyl sites for hydroxylation is 2. The van der Waals surface area contributed by atoms with Crippen molar-refractivity contribution in [2.45, 2.75) is 59.2 Å². The minimum Gasteiger partial charge on any atom is -0.376 e. The third-order valence-electron chi connectivity index (χ3n) is 6.43. The van der Waals surface area contributed by atoms with Crippen LogP contribution in [0.25, 0.3) is 22.3 Å². The highest BCUT2D eigenvalue weighted by Gasteiger charge is 2.27. The lowest BCUT2D eigenvalue weighted by molar-refractivity contribution is 0.0508. The van der Waals surface area contributed by atoms with Gasteiger partial charge >= 0.3 is 0 Å². The SMILES string of the molecule is Cc1cc(-c2cc(C(=O)N(Cc3cccnc3)CC3CCCO3)c3cnn(C(C)C)c3n2)c(C)s1. The summed E-state index contributed by atoms with van der Waals surface area (Å²) >= 11 is 1.74. The van der Waals surface area contributed by atoms with Crippen molar-refractivity contribution >= 4 is 28.3 Å². The molecule has 5 rings (SSSR count). The van der Waals surface area contributed by atoms with Crippen LogP contribution in [-0.2, 0) is 11.3 Å². The summed E-state index contributed by atoms with van der Waals surface area (Å²) in [5.41, 5.74) is 4.23. The molecule has 0 N–H and O–H groups in total. The number of ether oxygens (including phenoxy) is 1. The standard InChI is InChI=1S/C27H31N5O2S/c1-17(2)32-26-24(14-29-32)23(12-25(30-26)22-11-18(3)35-19(22)4)27(33)31(16-21-8-6-10-34-21)15-20-7-5-9-28-13-20/h5,7,9,11-14,17,21H,6,8,10,15-16H2,1-4H3. The van der Waals surface area contributed by atoms with Crippen LogP contribution in [0.1, 0.15) is 58.4 Å². The Kier molecular flexibility index (Phi) is 6.67. The minimum absolute atomic E-state index is 0.0362. The van der Waals surface area contributed by atoms with Gasteiger partial charge < -0.3 is 9.64 Å². The van der Waals surface area contributed by atoms with Crippen LogP contribution in [0.5, 0.6) is 0 Å². The monoisotopic (exact) mass is 489 g/mol. The van der Waals surface area contributed by atoms with E-state index in [1.807, 2.05) is 34.0 Å². The zero-order valence-electron chi connectivity index (χ0n) is 20.7. The molecule has 1 aliphatic rings. The lowest BCUT2D eigenvalue weighted by Crippen LogP contribution is -2.37. The van der Waals surface area contributed by atoms with E-state index in [2.05, 4.69) is 43.8 Å². The molecule has 1 unspecified atom stereocenters. The van der Waals surface area contributed by atoms with Crippen LogP contribution >= 0.6 is 11.3 Å². The van der Waals surface area contributed by atoms with E-state index in [0.717, 1.165) is 47.3 Å². The molecular weight excluding hydrogens is 458 g/mol. The molecule has 0 bridgehead atoms. The van der Waals surface area contributed by atoms with E-state index < -0.39 is 0 Å². The molecule has 1 amide bonds. The molecule has 0 aromatic carbocycles. The van der Waals surface area contributed by atoms with Crippen molar-refractivity contribution in [3.8, 4) is 11.3 Å². The average molecular weight is 490 g/mol. The molecule has 1 aliphatic heterocycles. The smallest absolute Gasteiger partial charge is 0.255 e. The van der Waals surface area contributed by atoms with E-state index in [9.17, 15) is 4.79 Å². The van der Waals surface area contributed by atoms with E-state index in [-0.39, 0.29) is 18.1 Å². The lowest BCUT2D eigenvalue weighted by Gasteiger charge is -2.26. The third-order valence-corrected chi connectivity index (χ3v) is 7.40. The number of amides is 1. The average Bonchev–Trinajstić information content (AvgIpc) is 3.58. The molecule has 35 heavy (non-hydrogen) atoms. The molecule has 7 nitrogen and oxygen atoms in total. The second-order valence-corrected chi connectivity index (χ2v) is 10.9. The molecule has 0 radical (unpaired) electrons. The maximum atomic E-state index is 14.2. The molecule has 4 aromatic heterocycles. The zero-order valence-corrected chi connectivity index (χ0v) is 21.5. The van der Waals surface area contributed by atoms with Crippen molar-refractivity contribution in [2.75, 3.05) is 13.2 Å². The largest absolute Gasteiger partial charge is 0.376 e. The Bertz CT molecular complexity index is 1340. The van der Waals surface area contributed by atoms with Gasteiger partial charge in [0, 0.05) is 53.4 Å². The highest BCUT2D eigenvalue weighted by Crippen LogP contribution is 2.33. The number of carbonyl (C=O) groups excluding carboxylic acids is 1. The van der Waals surface area contributed by atoms with Crippen molar-refractivity contribution in [2.24, 2.45) is 0 Å². The number of carbonyl (C=O) groups is 1. The predicted octanol–water partition coefficient (Wildman–Crippen LogP) is 5.57. The van der Waals surface area contributed by atoms with E-state index in [1.54, 1.807) is 23.7 Å². The number of rotatable bonds is 7. The first kappa shape index (κ1) is 23.6. The maximum Gasteiger partial charge on any atom is 0.255 e. The van der Waals surface area contributed by atoms with Gasteiger partial charge in [0.15, 0.2) is 5.65 Å². The van der Waals surface area contributed by atoms with E-state index >= 15 is 0 Å².